The van der Waals surface area contributed by atoms with Gasteiger partial charge in [-0.1, -0.05) is 13.3 Å². The molecule has 2 aromatic rings. The van der Waals surface area contributed by atoms with Crippen molar-refractivity contribution in [3.8, 4) is 0 Å². The lowest BCUT2D eigenvalue weighted by Gasteiger charge is -2.25. The topological polar surface area (TPSA) is 96.3 Å². The molecule has 2 aromatic carbocycles. The van der Waals surface area contributed by atoms with Crippen molar-refractivity contribution in [3.05, 3.63) is 48.5 Å². The average Bonchev–Trinajstić information content (AvgIpc) is 2.55. The number of aliphatic hydroxyl groups is 1. The molecule has 0 aromatic heterocycles. The second-order valence-corrected chi connectivity index (χ2v) is 5.73. The highest BCUT2D eigenvalue weighted by Crippen LogP contribution is 2.16. The molecular formula is C18H26N4O. The number of nitrogens with two attached hydrogens (primary N) is 2. The van der Waals surface area contributed by atoms with Gasteiger partial charge < -0.3 is 27.2 Å². The molecule has 7 N–H and O–H groups in total. The smallest absolute Gasteiger partial charge is 0.0912 e. The molecule has 124 valence electrons. The molecule has 0 amide bonds. The van der Waals surface area contributed by atoms with Crippen LogP contribution in [-0.2, 0) is 0 Å². The first-order valence-corrected chi connectivity index (χ1v) is 7.98. The van der Waals surface area contributed by atoms with Crippen molar-refractivity contribution >= 4 is 22.7 Å². The number of benzene rings is 2. The Labute approximate surface area is 137 Å². The fraction of sp³-hybridized carbons (Fsp3) is 0.333. The van der Waals surface area contributed by atoms with Crippen LogP contribution < -0.4 is 22.1 Å². The summed E-state index contributed by atoms with van der Waals surface area (Å²) in [6.45, 7) is 2.58. The molecule has 0 aliphatic heterocycles. The lowest BCUT2D eigenvalue weighted by molar-refractivity contribution is 0.160. The molecular weight excluding hydrogens is 288 g/mol. The van der Waals surface area contributed by atoms with E-state index < -0.39 is 6.10 Å². The van der Waals surface area contributed by atoms with Crippen molar-refractivity contribution in [2.75, 3.05) is 28.6 Å². The van der Waals surface area contributed by atoms with E-state index in [1.54, 1.807) is 0 Å². The molecule has 0 saturated carbocycles. The maximum absolute atomic E-state index is 10.5. The molecule has 0 bridgehead atoms. The summed E-state index contributed by atoms with van der Waals surface area (Å²) in [5, 5.41) is 17.1. The summed E-state index contributed by atoms with van der Waals surface area (Å²) < 4.78 is 0. The molecule has 0 radical (unpaired) electrons. The van der Waals surface area contributed by atoms with Crippen LogP contribution in [0.3, 0.4) is 0 Å². The number of hydrogen-bond donors (Lipinski definition) is 5. The van der Waals surface area contributed by atoms with Crippen LogP contribution >= 0.6 is 0 Å². The summed E-state index contributed by atoms with van der Waals surface area (Å²) >= 11 is 0. The van der Waals surface area contributed by atoms with E-state index in [0.717, 1.165) is 35.6 Å². The summed E-state index contributed by atoms with van der Waals surface area (Å²) in [7, 11) is 0. The zero-order chi connectivity index (χ0) is 16.7. The van der Waals surface area contributed by atoms with Gasteiger partial charge in [0.2, 0.25) is 0 Å². The van der Waals surface area contributed by atoms with Crippen LogP contribution in [0, 0.1) is 0 Å². The molecule has 5 heteroatoms. The second kappa shape index (κ2) is 8.29. The highest BCUT2D eigenvalue weighted by Gasteiger charge is 2.18. The Morgan fingerprint density at radius 2 is 1.43 bits per heavy atom. The monoisotopic (exact) mass is 314 g/mol. The largest absolute Gasteiger partial charge is 0.399 e. The fourth-order valence-electron chi connectivity index (χ4n) is 2.43. The van der Waals surface area contributed by atoms with Gasteiger partial charge in [-0.25, -0.2) is 0 Å². The molecule has 0 aliphatic carbocycles. The van der Waals surface area contributed by atoms with Crippen LogP contribution in [-0.4, -0.2) is 23.8 Å². The first-order valence-electron chi connectivity index (χ1n) is 7.98. The lowest BCUT2D eigenvalue weighted by atomic mass is 10.0. The maximum atomic E-state index is 10.5. The molecule has 2 atom stereocenters. The van der Waals surface area contributed by atoms with E-state index in [4.69, 9.17) is 11.5 Å². The Kier molecular flexibility index (Phi) is 6.11. The molecule has 23 heavy (non-hydrogen) atoms. The van der Waals surface area contributed by atoms with Gasteiger partial charge in [0.15, 0.2) is 0 Å². The van der Waals surface area contributed by atoms with Gasteiger partial charge in [-0.3, -0.25) is 0 Å². The Bertz CT molecular complexity index is 583. The van der Waals surface area contributed by atoms with Crippen molar-refractivity contribution in [1.82, 2.24) is 0 Å². The number of rotatable bonds is 8. The number of anilines is 4. The molecule has 0 heterocycles. The summed E-state index contributed by atoms with van der Waals surface area (Å²) in [5.41, 5.74) is 14.7. The molecule has 0 spiro atoms. The van der Waals surface area contributed by atoms with Crippen LogP contribution in [0.1, 0.15) is 19.8 Å². The van der Waals surface area contributed by atoms with Crippen LogP contribution in [0.5, 0.6) is 0 Å². The van der Waals surface area contributed by atoms with Gasteiger partial charge in [-0.2, -0.15) is 0 Å². The third kappa shape index (κ3) is 5.38. The fourth-order valence-corrected chi connectivity index (χ4v) is 2.43. The Morgan fingerprint density at radius 1 is 0.913 bits per heavy atom. The summed E-state index contributed by atoms with van der Waals surface area (Å²) in [4.78, 5) is 0. The minimum Gasteiger partial charge on any atom is -0.399 e. The Balaban J connectivity index is 1.93. The van der Waals surface area contributed by atoms with Gasteiger partial charge >= 0.3 is 0 Å². The average molecular weight is 314 g/mol. The zero-order valence-corrected chi connectivity index (χ0v) is 13.5. The SMILES string of the molecule is CCCC(Nc1ccc(N)cc1)C(O)CNc1ccc(N)cc1. The maximum Gasteiger partial charge on any atom is 0.0912 e. The van der Waals surface area contributed by atoms with E-state index in [0.29, 0.717) is 6.54 Å². The summed E-state index contributed by atoms with van der Waals surface area (Å²) in [6, 6.07) is 15.0. The van der Waals surface area contributed by atoms with Gasteiger partial charge in [0.1, 0.15) is 0 Å². The van der Waals surface area contributed by atoms with E-state index >= 15 is 0 Å². The number of nitrogen functional groups attached to an aromatic ring is 2. The predicted molar refractivity (Wildman–Crippen MR) is 98.5 cm³/mol. The molecule has 2 rings (SSSR count). The lowest BCUT2D eigenvalue weighted by Crippen LogP contribution is -2.38. The predicted octanol–water partition coefficient (Wildman–Crippen LogP) is 2.90. The van der Waals surface area contributed by atoms with Gasteiger partial charge in [-0.15, -0.1) is 0 Å². The van der Waals surface area contributed by atoms with Gasteiger partial charge in [0.25, 0.3) is 0 Å². The first kappa shape index (κ1) is 17.0. The molecule has 2 unspecified atom stereocenters. The molecule has 5 nitrogen and oxygen atoms in total. The van der Waals surface area contributed by atoms with Crippen molar-refractivity contribution in [1.29, 1.82) is 0 Å². The van der Waals surface area contributed by atoms with Crippen molar-refractivity contribution in [2.24, 2.45) is 0 Å². The Morgan fingerprint density at radius 3 is 1.96 bits per heavy atom. The van der Waals surface area contributed by atoms with E-state index in [1.807, 2.05) is 48.5 Å². The van der Waals surface area contributed by atoms with Gasteiger partial charge in [0.05, 0.1) is 12.1 Å². The molecule has 0 fully saturated rings. The van der Waals surface area contributed by atoms with Crippen molar-refractivity contribution in [2.45, 2.75) is 31.9 Å². The second-order valence-electron chi connectivity index (χ2n) is 5.73. The highest BCUT2D eigenvalue weighted by atomic mass is 16.3. The van der Waals surface area contributed by atoms with E-state index in [-0.39, 0.29) is 6.04 Å². The summed E-state index contributed by atoms with van der Waals surface area (Å²) in [5.74, 6) is 0. The van der Waals surface area contributed by atoms with Gasteiger partial charge in [-0.05, 0) is 55.0 Å². The van der Waals surface area contributed by atoms with Gasteiger partial charge in [0, 0.05) is 29.3 Å². The minimum absolute atomic E-state index is 0.0232. The normalized spacial score (nSPS) is 13.3. The van der Waals surface area contributed by atoms with Crippen molar-refractivity contribution in [3.63, 3.8) is 0 Å². The van der Waals surface area contributed by atoms with Crippen molar-refractivity contribution < 1.29 is 5.11 Å². The van der Waals surface area contributed by atoms with E-state index in [9.17, 15) is 5.11 Å². The van der Waals surface area contributed by atoms with Crippen LogP contribution in [0.4, 0.5) is 22.7 Å². The van der Waals surface area contributed by atoms with E-state index in [2.05, 4.69) is 17.6 Å². The number of aliphatic hydroxyl groups excluding tert-OH is 1. The number of hydrogen-bond acceptors (Lipinski definition) is 5. The first-order chi connectivity index (χ1) is 11.1. The third-order valence-corrected chi connectivity index (χ3v) is 3.75. The quantitative estimate of drug-likeness (QED) is 0.483. The summed E-state index contributed by atoms with van der Waals surface area (Å²) in [6.07, 6.45) is 1.37. The van der Waals surface area contributed by atoms with E-state index in [1.165, 1.54) is 0 Å². The van der Waals surface area contributed by atoms with Crippen LogP contribution in [0.2, 0.25) is 0 Å². The molecule has 0 saturated heterocycles. The van der Waals surface area contributed by atoms with Crippen LogP contribution in [0.15, 0.2) is 48.5 Å². The standard InChI is InChI=1S/C18H26N4O/c1-2-3-17(22-16-10-6-14(20)7-11-16)18(23)12-21-15-8-4-13(19)5-9-15/h4-11,17-18,21-23H,2-3,12,19-20H2,1H3. The zero-order valence-electron chi connectivity index (χ0n) is 13.5. The molecule has 0 aliphatic rings. The Hall–Kier alpha value is -2.40. The van der Waals surface area contributed by atoms with Crippen LogP contribution in [0.25, 0.3) is 0 Å². The third-order valence-electron chi connectivity index (χ3n) is 3.75. The number of nitrogens with one attached hydrogen (secondary N) is 2. The minimum atomic E-state index is -0.509. The highest BCUT2D eigenvalue weighted by molar-refractivity contribution is 5.52.